The molecule has 0 aliphatic rings. The monoisotopic (exact) mass is 257 g/mol. The molecule has 3 nitrogen and oxygen atoms in total. The zero-order valence-electron chi connectivity index (χ0n) is 10.2. The number of fused-ring (bicyclic) bond motifs is 1. The van der Waals surface area contributed by atoms with E-state index < -0.39 is 0 Å². The largest absolute Gasteiger partial charge is 0.341 e. The third-order valence-corrected chi connectivity index (χ3v) is 4.01. The normalized spacial score (nSPS) is 11.2. The van der Waals surface area contributed by atoms with Gasteiger partial charge in [0.1, 0.15) is 5.82 Å². The molecule has 0 unspecified atom stereocenters. The van der Waals surface area contributed by atoms with E-state index in [1.54, 1.807) is 11.3 Å². The summed E-state index contributed by atoms with van der Waals surface area (Å²) >= 11 is 1.80. The lowest BCUT2D eigenvalue weighted by Gasteiger charge is -2.01. The quantitative estimate of drug-likeness (QED) is 0.753. The zero-order valence-corrected chi connectivity index (χ0v) is 11.1. The molecular formula is C14H15N3S. The molecule has 0 radical (unpaired) electrons. The average molecular weight is 257 g/mol. The minimum atomic E-state index is 0.770. The van der Waals surface area contributed by atoms with Gasteiger partial charge in [0.2, 0.25) is 0 Å². The number of imidazole rings is 1. The van der Waals surface area contributed by atoms with Crippen molar-refractivity contribution >= 4 is 22.4 Å². The number of hydrogen-bond acceptors (Lipinski definition) is 3. The highest BCUT2D eigenvalue weighted by molar-refractivity contribution is 7.10. The summed E-state index contributed by atoms with van der Waals surface area (Å²) in [6.07, 6.45) is 0. The van der Waals surface area contributed by atoms with Crippen LogP contribution < -0.4 is 5.32 Å². The van der Waals surface area contributed by atoms with Gasteiger partial charge in [0.25, 0.3) is 0 Å². The molecule has 92 valence electrons. The van der Waals surface area contributed by atoms with Crippen LogP contribution in [0.25, 0.3) is 11.0 Å². The number of aromatic nitrogens is 2. The number of para-hydroxylation sites is 2. The van der Waals surface area contributed by atoms with Gasteiger partial charge in [-0.3, -0.25) is 0 Å². The molecule has 0 bridgehead atoms. The van der Waals surface area contributed by atoms with Crippen molar-refractivity contribution in [3.63, 3.8) is 0 Å². The van der Waals surface area contributed by atoms with Crippen LogP contribution in [-0.2, 0) is 13.1 Å². The third-order valence-electron chi connectivity index (χ3n) is 2.98. The maximum absolute atomic E-state index is 4.54. The second kappa shape index (κ2) is 4.92. The van der Waals surface area contributed by atoms with Crippen LogP contribution in [-0.4, -0.2) is 9.97 Å². The molecule has 0 saturated heterocycles. The molecule has 2 heterocycles. The van der Waals surface area contributed by atoms with E-state index in [1.165, 1.54) is 10.4 Å². The van der Waals surface area contributed by atoms with Gasteiger partial charge in [-0.05, 0) is 36.1 Å². The standard InChI is InChI=1S/C14H15N3S/c1-10-6-7-18-13(10)8-15-9-14-16-11-4-2-3-5-12(11)17-14/h2-7,15H,8-9H2,1H3,(H,16,17). The molecule has 2 aromatic heterocycles. The number of thiophene rings is 1. The summed E-state index contributed by atoms with van der Waals surface area (Å²) in [4.78, 5) is 9.25. The topological polar surface area (TPSA) is 40.7 Å². The van der Waals surface area contributed by atoms with Gasteiger partial charge < -0.3 is 10.3 Å². The van der Waals surface area contributed by atoms with Crippen molar-refractivity contribution in [1.29, 1.82) is 0 Å². The smallest absolute Gasteiger partial charge is 0.121 e. The Labute approximate surface area is 110 Å². The molecular weight excluding hydrogens is 242 g/mol. The minimum Gasteiger partial charge on any atom is -0.341 e. The Morgan fingerprint density at radius 3 is 2.89 bits per heavy atom. The average Bonchev–Trinajstić information content (AvgIpc) is 2.96. The Balaban J connectivity index is 1.65. The number of H-pyrrole nitrogens is 1. The van der Waals surface area contributed by atoms with Crippen LogP contribution in [0, 0.1) is 6.92 Å². The Morgan fingerprint density at radius 2 is 2.11 bits per heavy atom. The number of benzene rings is 1. The number of rotatable bonds is 4. The van der Waals surface area contributed by atoms with Gasteiger partial charge in [0, 0.05) is 11.4 Å². The minimum absolute atomic E-state index is 0.770. The SMILES string of the molecule is Cc1ccsc1CNCc1nc2ccccc2[nH]1. The van der Waals surface area contributed by atoms with Gasteiger partial charge in [-0.25, -0.2) is 4.98 Å². The lowest BCUT2D eigenvalue weighted by Crippen LogP contribution is -2.13. The Hall–Kier alpha value is -1.65. The van der Waals surface area contributed by atoms with E-state index in [-0.39, 0.29) is 0 Å². The first-order chi connectivity index (χ1) is 8.83. The fraction of sp³-hybridized carbons (Fsp3) is 0.214. The summed E-state index contributed by atoms with van der Waals surface area (Å²) in [5, 5.41) is 5.56. The summed E-state index contributed by atoms with van der Waals surface area (Å²) in [5.74, 6) is 0.991. The van der Waals surface area contributed by atoms with Crippen molar-refractivity contribution in [2.24, 2.45) is 0 Å². The van der Waals surface area contributed by atoms with Crippen molar-refractivity contribution in [2.45, 2.75) is 20.0 Å². The number of aromatic amines is 1. The van der Waals surface area contributed by atoms with Gasteiger partial charge in [-0.1, -0.05) is 12.1 Å². The summed E-state index contributed by atoms with van der Waals surface area (Å²) in [6, 6.07) is 10.3. The summed E-state index contributed by atoms with van der Waals surface area (Å²) < 4.78 is 0. The van der Waals surface area contributed by atoms with Crippen LogP contribution in [0.15, 0.2) is 35.7 Å². The van der Waals surface area contributed by atoms with Crippen molar-refractivity contribution in [1.82, 2.24) is 15.3 Å². The summed E-state index contributed by atoms with van der Waals surface area (Å²) in [6.45, 7) is 3.82. The number of nitrogens with zero attached hydrogens (tertiary/aromatic N) is 1. The van der Waals surface area contributed by atoms with Crippen LogP contribution in [0.4, 0.5) is 0 Å². The van der Waals surface area contributed by atoms with E-state index in [4.69, 9.17) is 0 Å². The summed E-state index contributed by atoms with van der Waals surface area (Å²) in [5.41, 5.74) is 3.49. The van der Waals surface area contributed by atoms with Gasteiger partial charge >= 0.3 is 0 Å². The van der Waals surface area contributed by atoms with Crippen molar-refractivity contribution in [3.05, 3.63) is 52.0 Å². The molecule has 18 heavy (non-hydrogen) atoms. The lowest BCUT2D eigenvalue weighted by molar-refractivity contribution is 0.675. The molecule has 3 aromatic rings. The van der Waals surface area contributed by atoms with Crippen LogP contribution in [0.5, 0.6) is 0 Å². The van der Waals surface area contributed by atoms with Crippen LogP contribution >= 0.6 is 11.3 Å². The predicted octanol–water partition coefficient (Wildman–Crippen LogP) is 3.22. The van der Waals surface area contributed by atoms with Gasteiger partial charge in [-0.2, -0.15) is 0 Å². The Kier molecular flexibility index (Phi) is 3.13. The van der Waals surface area contributed by atoms with Crippen molar-refractivity contribution in [3.8, 4) is 0 Å². The highest BCUT2D eigenvalue weighted by Crippen LogP contribution is 2.15. The van der Waals surface area contributed by atoms with Crippen molar-refractivity contribution < 1.29 is 0 Å². The maximum Gasteiger partial charge on any atom is 0.121 e. The molecule has 0 saturated carbocycles. The number of hydrogen-bond donors (Lipinski definition) is 2. The molecule has 2 N–H and O–H groups in total. The van der Waals surface area contributed by atoms with E-state index in [0.29, 0.717) is 0 Å². The molecule has 3 rings (SSSR count). The second-order valence-corrected chi connectivity index (χ2v) is 5.33. The molecule has 0 atom stereocenters. The predicted molar refractivity (Wildman–Crippen MR) is 75.7 cm³/mol. The van der Waals surface area contributed by atoms with E-state index in [9.17, 15) is 0 Å². The first-order valence-corrected chi connectivity index (χ1v) is 6.88. The van der Waals surface area contributed by atoms with E-state index in [2.05, 4.69) is 39.7 Å². The molecule has 0 spiro atoms. The lowest BCUT2D eigenvalue weighted by atomic mass is 10.3. The molecule has 0 aliphatic heterocycles. The van der Waals surface area contributed by atoms with Gasteiger partial charge in [0.05, 0.1) is 17.6 Å². The van der Waals surface area contributed by atoms with Gasteiger partial charge in [-0.15, -0.1) is 11.3 Å². The van der Waals surface area contributed by atoms with E-state index in [1.807, 2.05) is 18.2 Å². The van der Waals surface area contributed by atoms with Crippen LogP contribution in [0.3, 0.4) is 0 Å². The molecule has 4 heteroatoms. The van der Waals surface area contributed by atoms with Crippen LogP contribution in [0.2, 0.25) is 0 Å². The zero-order chi connectivity index (χ0) is 12.4. The van der Waals surface area contributed by atoms with E-state index >= 15 is 0 Å². The molecule has 0 fully saturated rings. The fourth-order valence-electron chi connectivity index (χ4n) is 1.97. The van der Waals surface area contributed by atoms with E-state index in [0.717, 1.165) is 29.9 Å². The van der Waals surface area contributed by atoms with Crippen molar-refractivity contribution in [2.75, 3.05) is 0 Å². The third kappa shape index (κ3) is 2.30. The highest BCUT2D eigenvalue weighted by atomic mass is 32.1. The Bertz CT molecular complexity index is 621. The molecule has 0 amide bonds. The Morgan fingerprint density at radius 1 is 1.22 bits per heavy atom. The number of nitrogens with one attached hydrogen (secondary N) is 2. The van der Waals surface area contributed by atoms with Gasteiger partial charge in [0.15, 0.2) is 0 Å². The highest BCUT2D eigenvalue weighted by Gasteiger charge is 2.02. The first-order valence-electron chi connectivity index (χ1n) is 6.00. The number of aryl methyl sites for hydroxylation is 1. The summed E-state index contributed by atoms with van der Waals surface area (Å²) in [7, 11) is 0. The van der Waals surface area contributed by atoms with Crippen LogP contribution in [0.1, 0.15) is 16.3 Å². The maximum atomic E-state index is 4.54. The molecule has 1 aromatic carbocycles. The second-order valence-electron chi connectivity index (χ2n) is 4.33. The fourth-order valence-corrected chi connectivity index (χ4v) is 2.84. The molecule has 0 aliphatic carbocycles. The first kappa shape index (κ1) is 11.4.